The quantitative estimate of drug-likeness (QED) is 0.547. The summed E-state index contributed by atoms with van der Waals surface area (Å²) < 4.78 is 0. The topological polar surface area (TPSA) is 17.1 Å². The maximum atomic E-state index is 11.3. The van der Waals surface area contributed by atoms with E-state index in [0.29, 0.717) is 5.78 Å². The molecule has 0 radical (unpaired) electrons. The largest absolute Gasteiger partial charge is 0.300 e. The molecule has 2 fully saturated rings. The fourth-order valence-corrected chi connectivity index (χ4v) is 2.54. The van der Waals surface area contributed by atoms with E-state index in [1.54, 1.807) is 0 Å². The van der Waals surface area contributed by atoms with E-state index >= 15 is 0 Å². The first-order valence-corrected chi connectivity index (χ1v) is 5.38. The molecule has 0 N–H and O–H groups in total. The van der Waals surface area contributed by atoms with Crippen LogP contribution in [-0.4, -0.2) is 5.78 Å². The number of Topliss-reactive ketones (excluding diaryl/α,β-unsaturated/α-hetero) is 1. The van der Waals surface area contributed by atoms with Gasteiger partial charge in [0.15, 0.2) is 0 Å². The summed E-state index contributed by atoms with van der Waals surface area (Å²) in [5, 5.41) is 0. The minimum Gasteiger partial charge on any atom is -0.300 e. The van der Waals surface area contributed by atoms with Crippen LogP contribution in [0.25, 0.3) is 0 Å². The molecule has 0 aromatic carbocycles. The van der Waals surface area contributed by atoms with Crippen LogP contribution in [0.15, 0.2) is 0 Å². The van der Waals surface area contributed by atoms with E-state index in [9.17, 15) is 4.79 Å². The monoisotopic (exact) mass is 166 g/mol. The molecule has 0 spiro atoms. The van der Waals surface area contributed by atoms with Crippen molar-refractivity contribution < 1.29 is 4.79 Å². The van der Waals surface area contributed by atoms with Gasteiger partial charge in [-0.1, -0.05) is 25.7 Å². The Balaban J connectivity index is 1.89. The summed E-state index contributed by atoms with van der Waals surface area (Å²) in [4.78, 5) is 11.3. The summed E-state index contributed by atoms with van der Waals surface area (Å²) in [6.45, 7) is 0. The fourth-order valence-electron chi connectivity index (χ4n) is 2.54. The van der Waals surface area contributed by atoms with Crippen molar-refractivity contribution in [3.63, 3.8) is 0 Å². The minimum absolute atomic E-state index is 0.532. The molecule has 0 heterocycles. The van der Waals surface area contributed by atoms with Crippen molar-refractivity contribution in [2.45, 2.75) is 51.4 Å². The summed E-state index contributed by atoms with van der Waals surface area (Å²) in [5.41, 5.74) is 0. The van der Waals surface area contributed by atoms with Gasteiger partial charge in [0.2, 0.25) is 0 Å². The number of hydrogen-bond donors (Lipinski definition) is 0. The van der Waals surface area contributed by atoms with E-state index in [4.69, 9.17) is 0 Å². The molecule has 0 amide bonds. The van der Waals surface area contributed by atoms with Crippen LogP contribution in [0.4, 0.5) is 0 Å². The normalized spacial score (nSPS) is 32.7. The molecule has 1 unspecified atom stereocenters. The van der Waals surface area contributed by atoms with Crippen LogP contribution >= 0.6 is 0 Å². The molecule has 2 rings (SSSR count). The molecule has 2 aliphatic rings. The third kappa shape index (κ3) is 1.70. The van der Waals surface area contributed by atoms with Crippen LogP contribution in [0.1, 0.15) is 51.4 Å². The Labute approximate surface area is 74.5 Å². The van der Waals surface area contributed by atoms with Gasteiger partial charge in [0, 0.05) is 12.8 Å². The summed E-state index contributed by atoms with van der Waals surface area (Å²) in [5.74, 6) is 2.23. The predicted octanol–water partition coefficient (Wildman–Crippen LogP) is 2.94. The highest BCUT2D eigenvalue weighted by molar-refractivity contribution is 5.78. The zero-order valence-electron chi connectivity index (χ0n) is 7.72. The summed E-state index contributed by atoms with van der Waals surface area (Å²) in [6, 6.07) is 0. The highest BCUT2D eigenvalue weighted by Crippen LogP contribution is 2.39. The molecule has 0 bridgehead atoms. The van der Waals surface area contributed by atoms with E-state index in [0.717, 1.165) is 31.1 Å². The van der Waals surface area contributed by atoms with Crippen LogP contribution in [0.3, 0.4) is 0 Å². The van der Waals surface area contributed by atoms with Gasteiger partial charge in [0.05, 0.1) is 0 Å². The highest BCUT2D eigenvalue weighted by Gasteiger charge is 2.29. The van der Waals surface area contributed by atoms with Crippen molar-refractivity contribution >= 4 is 5.78 Å². The van der Waals surface area contributed by atoms with Crippen molar-refractivity contribution in [3.05, 3.63) is 0 Å². The standard InChI is InChI=1S/C11H18O/c12-11-7-2-1-4-10(8-11)9-5-3-6-9/h9-10H,1-8H2. The van der Waals surface area contributed by atoms with Crippen LogP contribution < -0.4 is 0 Å². The van der Waals surface area contributed by atoms with E-state index in [2.05, 4.69) is 0 Å². The van der Waals surface area contributed by atoms with Gasteiger partial charge >= 0.3 is 0 Å². The van der Waals surface area contributed by atoms with Gasteiger partial charge in [0.25, 0.3) is 0 Å². The maximum Gasteiger partial charge on any atom is 0.133 e. The van der Waals surface area contributed by atoms with Gasteiger partial charge in [-0.2, -0.15) is 0 Å². The van der Waals surface area contributed by atoms with Crippen molar-refractivity contribution in [1.29, 1.82) is 0 Å². The van der Waals surface area contributed by atoms with Crippen LogP contribution in [0.2, 0.25) is 0 Å². The molecule has 0 aromatic rings. The number of ketones is 1. The maximum absolute atomic E-state index is 11.3. The van der Waals surface area contributed by atoms with Gasteiger partial charge in [-0.05, 0) is 24.7 Å². The Hall–Kier alpha value is -0.330. The molecule has 1 nitrogen and oxygen atoms in total. The Kier molecular flexibility index (Phi) is 2.48. The molecule has 2 aliphatic carbocycles. The number of rotatable bonds is 1. The van der Waals surface area contributed by atoms with Gasteiger partial charge in [-0.25, -0.2) is 0 Å². The first kappa shape index (κ1) is 8.28. The van der Waals surface area contributed by atoms with Crippen molar-refractivity contribution in [2.75, 3.05) is 0 Å². The number of carbonyl (C=O) groups is 1. The second-order valence-corrected chi connectivity index (χ2v) is 4.44. The van der Waals surface area contributed by atoms with Gasteiger partial charge in [0.1, 0.15) is 5.78 Å². The molecule has 0 aliphatic heterocycles. The molecular formula is C11H18O. The van der Waals surface area contributed by atoms with Crippen LogP contribution in [0, 0.1) is 11.8 Å². The second kappa shape index (κ2) is 3.59. The smallest absolute Gasteiger partial charge is 0.133 e. The molecule has 68 valence electrons. The minimum atomic E-state index is 0.532. The predicted molar refractivity (Wildman–Crippen MR) is 48.9 cm³/mol. The molecule has 1 heteroatoms. The number of hydrogen-bond acceptors (Lipinski definition) is 1. The number of carbonyl (C=O) groups excluding carboxylic acids is 1. The molecule has 0 aromatic heterocycles. The molecule has 12 heavy (non-hydrogen) atoms. The van der Waals surface area contributed by atoms with Crippen molar-refractivity contribution in [3.8, 4) is 0 Å². The van der Waals surface area contributed by atoms with E-state index < -0.39 is 0 Å². The molecule has 0 saturated heterocycles. The summed E-state index contributed by atoms with van der Waals surface area (Å²) in [7, 11) is 0. The average Bonchev–Trinajstić information content (AvgIpc) is 2.10. The lowest BCUT2D eigenvalue weighted by molar-refractivity contribution is -0.120. The lowest BCUT2D eigenvalue weighted by Crippen LogP contribution is -2.23. The average molecular weight is 166 g/mol. The fraction of sp³-hybridized carbons (Fsp3) is 0.909. The van der Waals surface area contributed by atoms with Crippen molar-refractivity contribution in [2.24, 2.45) is 11.8 Å². The molecule has 1 atom stereocenters. The van der Waals surface area contributed by atoms with E-state index in [1.807, 2.05) is 0 Å². The highest BCUT2D eigenvalue weighted by atomic mass is 16.1. The SMILES string of the molecule is O=C1CCCCC(C2CCC2)C1. The van der Waals surface area contributed by atoms with E-state index in [-0.39, 0.29) is 0 Å². The van der Waals surface area contributed by atoms with Gasteiger partial charge in [-0.3, -0.25) is 4.79 Å². The lowest BCUT2D eigenvalue weighted by atomic mass is 9.73. The zero-order valence-corrected chi connectivity index (χ0v) is 7.72. The summed E-state index contributed by atoms with van der Waals surface area (Å²) in [6.07, 6.45) is 9.77. The Morgan fingerprint density at radius 1 is 0.917 bits per heavy atom. The first-order valence-electron chi connectivity index (χ1n) is 5.38. The van der Waals surface area contributed by atoms with Gasteiger partial charge < -0.3 is 0 Å². The Morgan fingerprint density at radius 3 is 2.33 bits per heavy atom. The van der Waals surface area contributed by atoms with Gasteiger partial charge in [-0.15, -0.1) is 0 Å². The van der Waals surface area contributed by atoms with E-state index in [1.165, 1.54) is 32.1 Å². The molecule has 2 saturated carbocycles. The second-order valence-electron chi connectivity index (χ2n) is 4.44. The Morgan fingerprint density at radius 2 is 1.67 bits per heavy atom. The third-order valence-electron chi connectivity index (χ3n) is 3.59. The van der Waals surface area contributed by atoms with Crippen molar-refractivity contribution in [1.82, 2.24) is 0 Å². The lowest BCUT2D eigenvalue weighted by Gasteiger charge is -2.32. The third-order valence-corrected chi connectivity index (χ3v) is 3.59. The van der Waals surface area contributed by atoms with Crippen LogP contribution in [0.5, 0.6) is 0 Å². The Bertz CT molecular complexity index is 170. The zero-order chi connectivity index (χ0) is 8.39. The van der Waals surface area contributed by atoms with Crippen LogP contribution in [-0.2, 0) is 4.79 Å². The summed E-state index contributed by atoms with van der Waals surface area (Å²) >= 11 is 0. The molecular weight excluding hydrogens is 148 g/mol. The first-order chi connectivity index (χ1) is 5.86.